The lowest BCUT2D eigenvalue weighted by Crippen LogP contribution is -2.23. The smallest absolute Gasteiger partial charge is 0.0704 e. The van der Waals surface area contributed by atoms with Gasteiger partial charge in [-0.05, 0) is 77.6 Å². The standard InChI is InChI=1S/C16H19BrClNS/c1-4-5-19-16(14-9-15(17)20-11(14)3)12-6-10(2)7-13(18)8-12/h6-9,16,19H,4-5H2,1-3H3. The Kier molecular flexibility index (Phi) is 5.67. The van der Waals surface area contributed by atoms with Crippen LogP contribution in [-0.4, -0.2) is 6.54 Å². The fourth-order valence-corrected chi connectivity index (χ4v) is 4.42. The van der Waals surface area contributed by atoms with Crippen LogP contribution < -0.4 is 5.32 Å². The van der Waals surface area contributed by atoms with Crippen molar-refractivity contribution in [2.75, 3.05) is 6.54 Å². The molecule has 4 heteroatoms. The van der Waals surface area contributed by atoms with E-state index in [1.807, 2.05) is 6.07 Å². The summed E-state index contributed by atoms with van der Waals surface area (Å²) in [5.41, 5.74) is 3.76. The quantitative estimate of drug-likeness (QED) is 0.692. The van der Waals surface area contributed by atoms with E-state index in [4.69, 9.17) is 11.6 Å². The zero-order chi connectivity index (χ0) is 14.7. The van der Waals surface area contributed by atoms with E-state index < -0.39 is 0 Å². The van der Waals surface area contributed by atoms with E-state index in [2.05, 4.69) is 60.2 Å². The Labute approximate surface area is 138 Å². The van der Waals surface area contributed by atoms with Gasteiger partial charge in [-0.15, -0.1) is 11.3 Å². The molecule has 0 aliphatic heterocycles. The third kappa shape index (κ3) is 3.85. The first-order valence-corrected chi connectivity index (χ1v) is 8.76. The summed E-state index contributed by atoms with van der Waals surface area (Å²) in [4.78, 5) is 1.34. The van der Waals surface area contributed by atoms with Crippen LogP contribution in [0.1, 0.15) is 41.0 Å². The molecule has 0 aliphatic rings. The molecule has 20 heavy (non-hydrogen) atoms. The second-order valence-electron chi connectivity index (χ2n) is 5.01. The van der Waals surface area contributed by atoms with Crippen LogP contribution in [0.15, 0.2) is 28.1 Å². The molecule has 0 saturated carbocycles. The van der Waals surface area contributed by atoms with E-state index in [-0.39, 0.29) is 6.04 Å². The van der Waals surface area contributed by atoms with Crippen molar-refractivity contribution in [1.82, 2.24) is 5.32 Å². The van der Waals surface area contributed by atoms with E-state index in [1.165, 1.54) is 25.4 Å². The van der Waals surface area contributed by atoms with Crippen LogP contribution in [0.5, 0.6) is 0 Å². The van der Waals surface area contributed by atoms with Crippen molar-refractivity contribution in [3.05, 3.63) is 54.6 Å². The molecule has 1 heterocycles. The molecule has 1 atom stereocenters. The normalized spacial score (nSPS) is 12.7. The summed E-state index contributed by atoms with van der Waals surface area (Å²) in [6.45, 7) is 7.43. The number of hydrogen-bond donors (Lipinski definition) is 1. The second-order valence-corrected chi connectivity index (χ2v) is 8.08. The number of rotatable bonds is 5. The third-order valence-electron chi connectivity index (χ3n) is 3.23. The Bertz CT molecular complexity index is 574. The van der Waals surface area contributed by atoms with Gasteiger partial charge in [-0.3, -0.25) is 0 Å². The van der Waals surface area contributed by atoms with Gasteiger partial charge < -0.3 is 5.32 Å². The lowest BCUT2D eigenvalue weighted by atomic mass is 9.98. The average molecular weight is 373 g/mol. The molecule has 1 nitrogen and oxygen atoms in total. The van der Waals surface area contributed by atoms with Crippen molar-refractivity contribution < 1.29 is 0 Å². The molecule has 0 aliphatic carbocycles. The average Bonchev–Trinajstić information content (AvgIpc) is 2.68. The molecule has 108 valence electrons. The van der Waals surface area contributed by atoms with Gasteiger partial charge in [0.25, 0.3) is 0 Å². The number of hydrogen-bond acceptors (Lipinski definition) is 2. The monoisotopic (exact) mass is 371 g/mol. The zero-order valence-corrected chi connectivity index (χ0v) is 15.1. The van der Waals surface area contributed by atoms with Gasteiger partial charge in [-0.1, -0.05) is 24.6 Å². The van der Waals surface area contributed by atoms with Gasteiger partial charge in [0.2, 0.25) is 0 Å². The summed E-state index contributed by atoms with van der Waals surface area (Å²) in [5, 5.41) is 4.44. The SMILES string of the molecule is CCCNC(c1cc(C)cc(Cl)c1)c1cc(Br)sc1C. The summed E-state index contributed by atoms with van der Waals surface area (Å²) in [6.07, 6.45) is 1.11. The van der Waals surface area contributed by atoms with Crippen LogP contribution in [0.25, 0.3) is 0 Å². The summed E-state index contributed by atoms with van der Waals surface area (Å²) in [7, 11) is 0. The molecule has 0 radical (unpaired) electrons. The fourth-order valence-electron chi connectivity index (χ4n) is 2.37. The van der Waals surface area contributed by atoms with Crippen LogP contribution in [0, 0.1) is 13.8 Å². The molecule has 0 fully saturated rings. The van der Waals surface area contributed by atoms with Crippen molar-refractivity contribution in [2.24, 2.45) is 0 Å². The summed E-state index contributed by atoms with van der Waals surface area (Å²) in [5.74, 6) is 0. The summed E-state index contributed by atoms with van der Waals surface area (Å²) >= 11 is 11.6. The molecule has 0 spiro atoms. The first-order chi connectivity index (χ1) is 9.51. The molecular weight excluding hydrogens is 354 g/mol. The highest BCUT2D eigenvalue weighted by Crippen LogP contribution is 2.34. The minimum Gasteiger partial charge on any atom is -0.306 e. The zero-order valence-electron chi connectivity index (χ0n) is 12.0. The molecule has 1 aromatic heterocycles. The second kappa shape index (κ2) is 7.08. The van der Waals surface area contributed by atoms with Gasteiger partial charge >= 0.3 is 0 Å². The number of halogens is 2. The number of benzene rings is 1. The minimum absolute atomic E-state index is 0.204. The van der Waals surface area contributed by atoms with Crippen molar-refractivity contribution in [2.45, 2.75) is 33.2 Å². The third-order valence-corrected chi connectivity index (χ3v) is 5.02. The van der Waals surface area contributed by atoms with Crippen LogP contribution >= 0.6 is 38.9 Å². The van der Waals surface area contributed by atoms with E-state index >= 15 is 0 Å². The van der Waals surface area contributed by atoms with Gasteiger partial charge in [0.1, 0.15) is 0 Å². The van der Waals surface area contributed by atoms with Crippen molar-refractivity contribution in [3.63, 3.8) is 0 Å². The molecule has 1 N–H and O–H groups in total. The number of nitrogens with one attached hydrogen (secondary N) is 1. The first kappa shape index (κ1) is 16.0. The maximum absolute atomic E-state index is 6.23. The molecule has 2 aromatic rings. The molecule has 2 rings (SSSR count). The van der Waals surface area contributed by atoms with Gasteiger partial charge in [0, 0.05) is 9.90 Å². The summed E-state index contributed by atoms with van der Waals surface area (Å²) in [6, 6.07) is 8.69. The molecule has 0 bridgehead atoms. The number of thiophene rings is 1. The number of aryl methyl sites for hydroxylation is 2. The largest absolute Gasteiger partial charge is 0.306 e. The Balaban J connectivity index is 2.43. The topological polar surface area (TPSA) is 12.0 Å². The van der Waals surface area contributed by atoms with E-state index in [0.717, 1.165) is 18.0 Å². The van der Waals surface area contributed by atoms with Crippen LogP contribution in [0.4, 0.5) is 0 Å². The van der Waals surface area contributed by atoms with Gasteiger partial charge in [0.05, 0.1) is 9.83 Å². The predicted octanol–water partition coefficient (Wildman–Crippen LogP) is 5.87. The molecule has 0 saturated heterocycles. The highest BCUT2D eigenvalue weighted by atomic mass is 79.9. The Morgan fingerprint density at radius 1 is 1.25 bits per heavy atom. The van der Waals surface area contributed by atoms with Crippen molar-refractivity contribution in [1.29, 1.82) is 0 Å². The Morgan fingerprint density at radius 2 is 2.00 bits per heavy atom. The Morgan fingerprint density at radius 3 is 2.55 bits per heavy atom. The molecular formula is C16H19BrClNS. The van der Waals surface area contributed by atoms with Crippen LogP contribution in [0.2, 0.25) is 5.02 Å². The molecule has 0 amide bonds. The lowest BCUT2D eigenvalue weighted by Gasteiger charge is -2.20. The van der Waals surface area contributed by atoms with Crippen LogP contribution in [0.3, 0.4) is 0 Å². The molecule has 1 unspecified atom stereocenters. The highest BCUT2D eigenvalue weighted by molar-refractivity contribution is 9.11. The maximum atomic E-state index is 6.23. The van der Waals surface area contributed by atoms with E-state index in [9.17, 15) is 0 Å². The van der Waals surface area contributed by atoms with E-state index in [0.29, 0.717) is 0 Å². The van der Waals surface area contributed by atoms with Crippen molar-refractivity contribution in [3.8, 4) is 0 Å². The predicted molar refractivity (Wildman–Crippen MR) is 93.1 cm³/mol. The summed E-state index contributed by atoms with van der Waals surface area (Å²) < 4.78 is 1.17. The van der Waals surface area contributed by atoms with Crippen molar-refractivity contribution >= 4 is 38.9 Å². The van der Waals surface area contributed by atoms with Crippen LogP contribution in [-0.2, 0) is 0 Å². The maximum Gasteiger partial charge on any atom is 0.0704 e. The molecule has 1 aromatic carbocycles. The van der Waals surface area contributed by atoms with Gasteiger partial charge in [-0.25, -0.2) is 0 Å². The first-order valence-electron chi connectivity index (χ1n) is 6.77. The minimum atomic E-state index is 0.204. The fraction of sp³-hybridized carbons (Fsp3) is 0.375. The van der Waals surface area contributed by atoms with E-state index in [1.54, 1.807) is 11.3 Å². The van der Waals surface area contributed by atoms with Gasteiger partial charge in [0.15, 0.2) is 0 Å². The Hall–Kier alpha value is -0.350. The lowest BCUT2D eigenvalue weighted by molar-refractivity contribution is 0.598. The highest BCUT2D eigenvalue weighted by Gasteiger charge is 2.18. The van der Waals surface area contributed by atoms with Gasteiger partial charge in [-0.2, -0.15) is 0 Å².